The maximum absolute atomic E-state index is 13.6. The Hall–Kier alpha value is -3.16. The van der Waals surface area contributed by atoms with Crippen LogP contribution in [0.3, 0.4) is 0 Å². The van der Waals surface area contributed by atoms with Crippen LogP contribution in [0.1, 0.15) is 37.7 Å². The van der Waals surface area contributed by atoms with Crippen molar-refractivity contribution < 1.29 is 14.7 Å². The number of hydrogen-bond acceptors (Lipinski definition) is 4. The Morgan fingerprint density at radius 1 is 1.03 bits per heavy atom. The van der Waals surface area contributed by atoms with E-state index in [9.17, 15) is 14.7 Å². The zero-order chi connectivity index (χ0) is 21.7. The molecule has 0 radical (unpaired) electrons. The fraction of sp³-hybridized carbons (Fsp3) is 0.261. The van der Waals surface area contributed by atoms with Gasteiger partial charge in [0.2, 0.25) is 0 Å². The smallest absolute Gasteiger partial charge is 0.277 e. The molecule has 0 spiro atoms. The highest BCUT2D eigenvalue weighted by Crippen LogP contribution is 2.31. The molecule has 1 N–H and O–H groups in total. The minimum atomic E-state index is -0.247. The molecule has 31 heavy (non-hydrogen) atoms. The maximum atomic E-state index is 13.6. The summed E-state index contributed by atoms with van der Waals surface area (Å²) in [5.41, 5.74) is 4.64. The Labute approximate surface area is 184 Å². The summed E-state index contributed by atoms with van der Waals surface area (Å²) in [4.78, 5) is 29.6. The van der Waals surface area contributed by atoms with E-state index in [2.05, 4.69) is 5.10 Å². The van der Waals surface area contributed by atoms with E-state index in [0.29, 0.717) is 52.9 Å². The third-order valence-electron chi connectivity index (χ3n) is 6.00. The Kier molecular flexibility index (Phi) is 4.79. The molecule has 0 bridgehead atoms. The van der Waals surface area contributed by atoms with E-state index in [0.717, 1.165) is 17.5 Å². The fourth-order valence-corrected chi connectivity index (χ4v) is 4.53. The van der Waals surface area contributed by atoms with Crippen LogP contribution in [0.15, 0.2) is 42.5 Å². The predicted molar refractivity (Wildman–Crippen MR) is 117 cm³/mol. The van der Waals surface area contributed by atoms with E-state index in [4.69, 9.17) is 11.6 Å². The SMILES string of the molecule is CN1CCc2ccc(N3CCc4c(CO)nn(-c5cccc(Cl)c5)c4C3=O)cc2C1=O. The summed E-state index contributed by atoms with van der Waals surface area (Å²) >= 11 is 6.15. The molecule has 0 saturated carbocycles. The van der Waals surface area contributed by atoms with Crippen molar-refractivity contribution >= 4 is 29.1 Å². The molecule has 1 aromatic heterocycles. The van der Waals surface area contributed by atoms with Gasteiger partial charge in [0.1, 0.15) is 5.69 Å². The summed E-state index contributed by atoms with van der Waals surface area (Å²) in [6.45, 7) is 0.895. The molecule has 2 aliphatic heterocycles. The highest BCUT2D eigenvalue weighted by molar-refractivity contribution is 6.30. The lowest BCUT2D eigenvalue weighted by molar-refractivity contribution is 0.0780. The zero-order valence-corrected chi connectivity index (χ0v) is 17.8. The molecule has 3 heterocycles. The molecule has 8 heteroatoms. The molecule has 3 aromatic rings. The number of carbonyl (C=O) groups excluding carboxylic acids is 2. The average molecular weight is 437 g/mol. The number of aliphatic hydroxyl groups excluding tert-OH is 1. The van der Waals surface area contributed by atoms with Crippen molar-refractivity contribution in [1.82, 2.24) is 14.7 Å². The van der Waals surface area contributed by atoms with Gasteiger partial charge in [-0.2, -0.15) is 5.10 Å². The normalized spacial score (nSPS) is 15.8. The zero-order valence-electron chi connectivity index (χ0n) is 17.0. The van der Waals surface area contributed by atoms with Gasteiger partial charge in [0.05, 0.1) is 18.0 Å². The molecule has 5 rings (SSSR count). The van der Waals surface area contributed by atoms with Gasteiger partial charge in [-0.05, 0) is 48.7 Å². The summed E-state index contributed by atoms with van der Waals surface area (Å²) in [5, 5.41) is 14.8. The van der Waals surface area contributed by atoms with Gasteiger partial charge in [0.25, 0.3) is 11.8 Å². The number of hydrogen-bond donors (Lipinski definition) is 1. The van der Waals surface area contributed by atoms with Crippen molar-refractivity contribution in [1.29, 1.82) is 0 Å². The van der Waals surface area contributed by atoms with E-state index < -0.39 is 0 Å². The monoisotopic (exact) mass is 436 g/mol. The third-order valence-corrected chi connectivity index (χ3v) is 6.24. The molecular weight excluding hydrogens is 416 g/mol. The van der Waals surface area contributed by atoms with Crippen LogP contribution in [0.4, 0.5) is 5.69 Å². The van der Waals surface area contributed by atoms with E-state index in [1.54, 1.807) is 39.7 Å². The van der Waals surface area contributed by atoms with Gasteiger partial charge in [-0.15, -0.1) is 0 Å². The second-order valence-corrected chi connectivity index (χ2v) is 8.29. The highest BCUT2D eigenvalue weighted by atomic mass is 35.5. The summed E-state index contributed by atoms with van der Waals surface area (Å²) < 4.78 is 1.55. The molecule has 2 aliphatic rings. The number of fused-ring (bicyclic) bond motifs is 2. The quantitative estimate of drug-likeness (QED) is 0.684. The molecule has 0 saturated heterocycles. The maximum Gasteiger partial charge on any atom is 0.277 e. The first-order chi connectivity index (χ1) is 15.0. The number of carbonyl (C=O) groups is 2. The Morgan fingerprint density at radius 2 is 1.87 bits per heavy atom. The molecular formula is C23H21ClN4O3. The second-order valence-electron chi connectivity index (χ2n) is 7.85. The second kappa shape index (κ2) is 7.51. The summed E-state index contributed by atoms with van der Waals surface area (Å²) in [6.07, 6.45) is 1.36. The molecule has 7 nitrogen and oxygen atoms in total. The van der Waals surface area contributed by atoms with Crippen LogP contribution in [-0.2, 0) is 19.4 Å². The molecule has 0 unspecified atom stereocenters. The summed E-state index contributed by atoms with van der Waals surface area (Å²) in [6, 6.07) is 12.7. The minimum absolute atomic E-state index is 0.0280. The van der Waals surface area contributed by atoms with Gasteiger partial charge in [-0.1, -0.05) is 23.7 Å². The topological polar surface area (TPSA) is 78.7 Å². The van der Waals surface area contributed by atoms with Crippen LogP contribution in [0, 0.1) is 0 Å². The van der Waals surface area contributed by atoms with Crippen LogP contribution in [0.5, 0.6) is 0 Å². The van der Waals surface area contributed by atoms with Gasteiger partial charge in [0, 0.05) is 42.0 Å². The van der Waals surface area contributed by atoms with Crippen LogP contribution in [0.2, 0.25) is 5.02 Å². The predicted octanol–water partition coefficient (Wildman–Crippen LogP) is 2.85. The standard InChI is InChI=1S/C23H21ClN4O3/c1-26-9-7-14-5-6-16(12-19(14)22(26)30)27-10-8-18-20(13-29)25-28(21(18)23(27)31)17-4-2-3-15(24)11-17/h2-6,11-12,29H,7-10,13H2,1H3. The van der Waals surface area contributed by atoms with E-state index in [1.165, 1.54) is 0 Å². The number of amides is 2. The van der Waals surface area contributed by atoms with Gasteiger partial charge in [-0.3, -0.25) is 9.59 Å². The minimum Gasteiger partial charge on any atom is -0.390 e. The van der Waals surface area contributed by atoms with E-state index >= 15 is 0 Å². The van der Waals surface area contributed by atoms with Crippen LogP contribution >= 0.6 is 11.6 Å². The number of likely N-dealkylation sites (N-methyl/N-ethyl adjacent to an activating group) is 1. The number of rotatable bonds is 3. The first-order valence-electron chi connectivity index (χ1n) is 10.2. The van der Waals surface area contributed by atoms with Crippen molar-refractivity contribution in [2.45, 2.75) is 19.4 Å². The molecule has 0 atom stereocenters. The van der Waals surface area contributed by atoms with Gasteiger partial charge >= 0.3 is 0 Å². The lowest BCUT2D eigenvalue weighted by atomic mass is 9.97. The first-order valence-corrected chi connectivity index (χ1v) is 10.5. The fourth-order valence-electron chi connectivity index (χ4n) is 4.34. The number of halogens is 1. The van der Waals surface area contributed by atoms with Gasteiger partial charge in [-0.25, -0.2) is 4.68 Å². The van der Waals surface area contributed by atoms with Crippen LogP contribution in [-0.4, -0.2) is 51.7 Å². The van der Waals surface area contributed by atoms with Crippen molar-refractivity contribution in [3.63, 3.8) is 0 Å². The van der Waals surface area contributed by atoms with Crippen molar-refractivity contribution in [3.8, 4) is 5.69 Å². The number of aliphatic hydroxyl groups is 1. The van der Waals surface area contributed by atoms with Gasteiger partial charge < -0.3 is 14.9 Å². The largest absolute Gasteiger partial charge is 0.390 e. The molecule has 0 aliphatic carbocycles. The van der Waals surface area contributed by atoms with E-state index in [-0.39, 0.29) is 18.4 Å². The van der Waals surface area contributed by atoms with Crippen LogP contribution in [0.25, 0.3) is 5.69 Å². The first kappa shape index (κ1) is 19.8. The Morgan fingerprint density at radius 3 is 2.65 bits per heavy atom. The van der Waals surface area contributed by atoms with E-state index in [1.807, 2.05) is 24.3 Å². The van der Waals surface area contributed by atoms with Crippen molar-refractivity contribution in [3.05, 3.63) is 75.6 Å². The lowest BCUT2D eigenvalue weighted by Crippen LogP contribution is -2.39. The molecule has 0 fully saturated rings. The molecule has 2 aromatic carbocycles. The average Bonchev–Trinajstić information content (AvgIpc) is 3.16. The molecule has 158 valence electrons. The van der Waals surface area contributed by atoms with Crippen LogP contribution < -0.4 is 4.90 Å². The number of benzene rings is 2. The van der Waals surface area contributed by atoms with Gasteiger partial charge in [0.15, 0.2) is 0 Å². The summed E-state index contributed by atoms with van der Waals surface area (Å²) in [7, 11) is 1.79. The Balaban J connectivity index is 1.58. The number of anilines is 1. The lowest BCUT2D eigenvalue weighted by Gasteiger charge is -2.30. The van der Waals surface area contributed by atoms with Crippen molar-refractivity contribution in [2.75, 3.05) is 25.0 Å². The van der Waals surface area contributed by atoms with Crippen molar-refractivity contribution in [2.24, 2.45) is 0 Å². The number of nitrogens with zero attached hydrogens (tertiary/aromatic N) is 4. The molecule has 2 amide bonds. The summed E-state index contributed by atoms with van der Waals surface area (Å²) in [5.74, 6) is -0.246. The highest BCUT2D eigenvalue weighted by Gasteiger charge is 2.34. The Bertz CT molecular complexity index is 1220. The number of aromatic nitrogens is 2. The third kappa shape index (κ3) is 3.21.